The maximum atomic E-state index is 14.6. The molecule has 16 amide bonds. The first-order chi connectivity index (χ1) is 54.1. The number of carboxylic acids is 1. The van der Waals surface area contributed by atoms with Gasteiger partial charge >= 0.3 is 5.97 Å². The number of aromatic nitrogens is 1. The summed E-state index contributed by atoms with van der Waals surface area (Å²) in [5.41, 5.74) is 29.4. The van der Waals surface area contributed by atoms with E-state index in [-0.39, 0.29) is 90.5 Å². The van der Waals surface area contributed by atoms with Crippen LogP contribution >= 0.6 is 0 Å². The Labute approximate surface area is 654 Å². The van der Waals surface area contributed by atoms with Crippen LogP contribution in [0.15, 0.2) is 30.5 Å². The molecule has 114 heavy (non-hydrogen) atoms. The number of aliphatic hydroxyl groups is 4. The summed E-state index contributed by atoms with van der Waals surface area (Å²) in [5, 5.41) is 77.8. The van der Waals surface area contributed by atoms with E-state index in [9.17, 15) is 107 Å². The molecule has 6 rings (SSSR count). The van der Waals surface area contributed by atoms with Crippen LogP contribution in [0.4, 0.5) is 0 Å². The molecule has 632 valence electrons. The molecule has 0 bridgehead atoms. The average molecular weight is 1610 g/mol. The van der Waals surface area contributed by atoms with Gasteiger partial charge in [-0.3, -0.25) is 81.5 Å². The molecular weight excluding hydrogens is 1500 g/mol. The first kappa shape index (κ1) is 92.3. The number of unbranched alkanes of at least 4 members (excludes halogenated alkanes) is 1. The van der Waals surface area contributed by atoms with Crippen LogP contribution in [-0.2, 0) is 97.4 Å². The molecule has 0 aliphatic carbocycles. The van der Waals surface area contributed by atoms with Gasteiger partial charge in [0, 0.05) is 49.7 Å². The number of carboxylic acid groups (broad SMARTS) is 1. The molecule has 4 aliphatic rings. The van der Waals surface area contributed by atoms with E-state index in [4.69, 9.17) is 38.1 Å². The normalized spacial score (nSPS) is 21.4. The Bertz CT molecular complexity index is 3770. The Morgan fingerprint density at radius 3 is 1.61 bits per heavy atom. The third-order valence-electron chi connectivity index (χ3n) is 19.7. The van der Waals surface area contributed by atoms with Gasteiger partial charge < -0.3 is 142 Å². The third-order valence-corrected chi connectivity index (χ3v) is 19.7. The summed E-state index contributed by atoms with van der Waals surface area (Å²) < 4.78 is 11.2. The van der Waals surface area contributed by atoms with E-state index in [1.807, 2.05) is 0 Å². The number of fused-ring (bicyclic) bond motifs is 1. The van der Waals surface area contributed by atoms with Crippen molar-refractivity contribution in [2.24, 2.45) is 34.6 Å². The fourth-order valence-electron chi connectivity index (χ4n) is 13.6. The average Bonchev–Trinajstić information content (AvgIpc) is 1.41. The zero-order valence-corrected chi connectivity index (χ0v) is 63.6. The standard InChI is InChI=1S/C70H108N20O24/c1-34(2)56(87-50(93)27-73)66(109)86-41(18-17-37(26-72)113-70-59(102)58(101)57(100)48(33-91)114-70)62(105)78-30-52(95)82-42(25-55(98)99)63(106)85-40(13-6-7-19-71)61(104)77-31-53(96)84-44(24-49(74)92)69(112)90-22-10-16-47(90)65(108)80-32-54(97)83-43(23-36-28-76-39-12-5-4-11-38(36)39)68(111)89-21-9-15-46(89)64(107)79-29-51(94)81-35(3)67(110)88-20-8-14-45(88)60(75)103/h4-5,11-12,28,34-35,37,40-48,56-59,70,76,91,100-102H,6-10,13-27,29-33,71-73H2,1-3H3,(H2,74,92)(H2,75,103)(H,77,104)(H,78,105)(H,79,107)(H,80,108)(H,81,94)(H,82,95)(H,83,97)(H,84,96)(H,85,106)(H,86,109)(H,87,93)(H,98,99)/t35-,37?,40-,41-,42-,43-,44-,45-,46-,47-,48+,56-,57-,58-,59+,70+/m0/s1. The molecule has 16 atom stereocenters. The van der Waals surface area contributed by atoms with Gasteiger partial charge in [-0.15, -0.1) is 0 Å². The largest absolute Gasteiger partial charge is 0.481 e. The molecule has 0 radical (unpaired) electrons. The zero-order valence-electron chi connectivity index (χ0n) is 63.6. The van der Waals surface area contributed by atoms with E-state index in [1.54, 1.807) is 44.3 Å². The number of likely N-dealkylation sites (tertiary alicyclic amines) is 3. The molecule has 1 aromatic heterocycles. The van der Waals surface area contributed by atoms with Crippen molar-refractivity contribution in [3.05, 3.63) is 36.0 Å². The van der Waals surface area contributed by atoms with E-state index in [2.05, 4.69) is 63.5 Å². The van der Waals surface area contributed by atoms with Gasteiger partial charge in [0.1, 0.15) is 84.8 Å². The van der Waals surface area contributed by atoms with Crippen LogP contribution in [0.3, 0.4) is 0 Å². The molecule has 0 spiro atoms. The minimum absolute atomic E-state index is 0.0308. The van der Waals surface area contributed by atoms with Crippen molar-refractivity contribution in [1.29, 1.82) is 0 Å². The monoisotopic (exact) mass is 1610 g/mol. The molecule has 4 saturated heterocycles. The fourth-order valence-corrected chi connectivity index (χ4v) is 13.6. The zero-order chi connectivity index (χ0) is 84.2. The van der Waals surface area contributed by atoms with Crippen molar-refractivity contribution in [1.82, 2.24) is 78.2 Å². The number of nitrogens with one attached hydrogen (secondary N) is 12. The van der Waals surface area contributed by atoms with Gasteiger partial charge in [-0.05, 0) is 102 Å². The predicted molar refractivity (Wildman–Crippen MR) is 396 cm³/mol. The number of amides is 16. The first-order valence-corrected chi connectivity index (χ1v) is 37.6. The molecular formula is C70H108N20O24. The van der Waals surface area contributed by atoms with Crippen molar-refractivity contribution in [3.63, 3.8) is 0 Å². The van der Waals surface area contributed by atoms with E-state index < -0.39 is 256 Å². The molecule has 1 aromatic carbocycles. The number of aliphatic carboxylic acids is 1. The summed E-state index contributed by atoms with van der Waals surface area (Å²) in [6, 6.07) is -6.58. The third kappa shape index (κ3) is 26.8. The van der Waals surface area contributed by atoms with Crippen LogP contribution in [-0.4, -0.2) is 315 Å². The number of aliphatic hydroxyl groups excluding tert-OH is 4. The Morgan fingerprint density at radius 1 is 0.553 bits per heavy atom. The summed E-state index contributed by atoms with van der Waals surface area (Å²) in [4.78, 5) is 235. The van der Waals surface area contributed by atoms with Crippen molar-refractivity contribution in [3.8, 4) is 0 Å². The van der Waals surface area contributed by atoms with Crippen LogP contribution in [0.25, 0.3) is 10.9 Å². The number of hydrogen-bond acceptors (Lipinski definition) is 26. The number of H-pyrrole nitrogens is 1. The van der Waals surface area contributed by atoms with Crippen molar-refractivity contribution in [2.45, 2.75) is 208 Å². The number of hydrogen-bond donors (Lipinski definition) is 22. The molecule has 27 N–H and O–H groups in total. The van der Waals surface area contributed by atoms with E-state index in [1.165, 1.54) is 16.7 Å². The summed E-state index contributed by atoms with van der Waals surface area (Å²) in [7, 11) is 0. The molecule has 4 aliphatic heterocycles. The summed E-state index contributed by atoms with van der Waals surface area (Å²) >= 11 is 0. The van der Waals surface area contributed by atoms with E-state index in [0.717, 1.165) is 4.90 Å². The van der Waals surface area contributed by atoms with Gasteiger partial charge in [0.2, 0.25) is 94.5 Å². The van der Waals surface area contributed by atoms with Gasteiger partial charge in [-0.25, -0.2) is 0 Å². The minimum atomic E-state index is -1.95. The smallest absolute Gasteiger partial charge is 0.305 e. The summed E-state index contributed by atoms with van der Waals surface area (Å²) in [5.74, 6) is -16.5. The molecule has 44 nitrogen and oxygen atoms in total. The van der Waals surface area contributed by atoms with Crippen molar-refractivity contribution < 1.29 is 117 Å². The Hall–Kier alpha value is -10.6. The highest BCUT2D eigenvalue weighted by Crippen LogP contribution is 2.27. The number of aromatic amines is 1. The van der Waals surface area contributed by atoms with Gasteiger partial charge in [0.25, 0.3) is 0 Å². The second-order valence-corrected chi connectivity index (χ2v) is 28.5. The molecule has 1 unspecified atom stereocenters. The number of nitrogens with zero attached hydrogens (tertiary/aromatic N) is 3. The number of carbonyl (C=O) groups excluding carboxylic acids is 16. The number of rotatable bonds is 44. The SMILES string of the molecule is CC(C)[C@H](NC(=O)CN)C(=O)N[C@@H](CCC(CN)O[C@@H]1O[C@H](CO)[C@H](O)[C@H](O)[C@H]1O)C(=O)NCC(=O)N[C@@H](CC(=O)O)C(=O)N[C@@H](CCCCN)C(=O)NCC(=O)N[C@@H](CC(N)=O)C(=O)N1CCC[C@H]1C(=O)NCC(=O)N[C@@H](Cc1c[nH]c2ccccc12)C(=O)N1CCC[C@H]1C(=O)NCC(=O)N[C@@H](C)C(=O)N1CCC[C@H]1C(N)=O. The molecule has 2 aromatic rings. The number of benzene rings is 1. The second-order valence-electron chi connectivity index (χ2n) is 28.5. The topological polar surface area (TPSA) is 698 Å². The number of carbonyl (C=O) groups is 17. The number of nitrogens with two attached hydrogens (primary N) is 5. The van der Waals surface area contributed by atoms with Gasteiger partial charge in [-0.2, -0.15) is 0 Å². The first-order valence-electron chi connectivity index (χ1n) is 37.6. The fraction of sp³-hybridized carbons (Fsp3) is 0.643. The van der Waals surface area contributed by atoms with Crippen LogP contribution in [0, 0.1) is 5.92 Å². The molecule has 5 heterocycles. The number of ether oxygens (including phenoxy) is 2. The maximum absolute atomic E-state index is 14.6. The summed E-state index contributed by atoms with van der Waals surface area (Å²) in [6.45, 7) is 0.0840. The molecule has 4 fully saturated rings. The lowest BCUT2D eigenvalue weighted by Crippen LogP contribution is -2.60. The quantitative estimate of drug-likeness (QED) is 0.0274. The Kier molecular flexibility index (Phi) is 36.2. The number of para-hydroxylation sites is 1. The van der Waals surface area contributed by atoms with E-state index >= 15 is 0 Å². The minimum Gasteiger partial charge on any atom is -0.481 e. The molecule has 44 heteroatoms. The van der Waals surface area contributed by atoms with Crippen LogP contribution in [0.5, 0.6) is 0 Å². The lowest BCUT2D eigenvalue weighted by molar-refractivity contribution is -0.310. The van der Waals surface area contributed by atoms with Gasteiger partial charge in [0.05, 0.1) is 58.3 Å². The van der Waals surface area contributed by atoms with Crippen LogP contribution in [0.2, 0.25) is 0 Å². The van der Waals surface area contributed by atoms with E-state index in [0.29, 0.717) is 35.7 Å². The predicted octanol–water partition coefficient (Wildman–Crippen LogP) is -10.9. The highest BCUT2D eigenvalue weighted by atomic mass is 16.7. The Morgan fingerprint density at radius 2 is 1.07 bits per heavy atom. The molecule has 0 saturated carbocycles. The number of primary amides is 2. The van der Waals surface area contributed by atoms with Gasteiger partial charge in [-0.1, -0.05) is 32.0 Å². The highest BCUT2D eigenvalue weighted by molar-refractivity contribution is 6.01. The second kappa shape index (κ2) is 44.7. The lowest BCUT2D eigenvalue weighted by atomic mass is 9.99. The Balaban J connectivity index is 1.05. The van der Waals surface area contributed by atoms with Crippen molar-refractivity contribution >= 4 is 111 Å². The summed E-state index contributed by atoms with van der Waals surface area (Å²) in [6.07, 6.45) is -8.50. The maximum Gasteiger partial charge on any atom is 0.305 e. The van der Waals surface area contributed by atoms with Crippen molar-refractivity contribution in [2.75, 3.05) is 72.1 Å². The lowest BCUT2D eigenvalue weighted by Gasteiger charge is -2.40. The highest BCUT2D eigenvalue weighted by Gasteiger charge is 2.46. The van der Waals surface area contributed by atoms with Gasteiger partial charge in [0.15, 0.2) is 6.29 Å². The van der Waals surface area contributed by atoms with Crippen LogP contribution < -0.4 is 87.2 Å². The van der Waals surface area contributed by atoms with Crippen LogP contribution in [0.1, 0.15) is 110 Å².